The van der Waals surface area contributed by atoms with Gasteiger partial charge in [0.2, 0.25) is 0 Å². The van der Waals surface area contributed by atoms with Crippen LogP contribution in [0.15, 0.2) is 60.7 Å². The average molecular weight is 391 g/mol. The summed E-state index contributed by atoms with van der Waals surface area (Å²) < 4.78 is 0. The Kier molecular flexibility index (Phi) is 6.66. The van der Waals surface area contributed by atoms with Gasteiger partial charge in [-0.15, -0.1) is 11.1 Å². The summed E-state index contributed by atoms with van der Waals surface area (Å²) in [6.45, 7) is 0. The molecule has 0 saturated carbocycles. The third kappa shape index (κ3) is 3.26. The van der Waals surface area contributed by atoms with E-state index in [1.807, 2.05) is 0 Å². The minimum atomic E-state index is 0. The van der Waals surface area contributed by atoms with Crippen LogP contribution in [-0.2, 0) is 32.6 Å². The van der Waals surface area contributed by atoms with E-state index < -0.39 is 0 Å². The number of allylic oxidation sites excluding steroid dienone is 4. The van der Waals surface area contributed by atoms with E-state index in [0.29, 0.717) is 5.92 Å². The smallest absolute Gasteiger partial charge is 1.00 e. The Hall–Kier alpha value is -0.617. The van der Waals surface area contributed by atoms with E-state index in [-0.39, 0.29) is 51.0 Å². The van der Waals surface area contributed by atoms with Crippen molar-refractivity contribution in [3.63, 3.8) is 0 Å². The van der Waals surface area contributed by atoms with Gasteiger partial charge in [0, 0.05) is 0 Å². The number of halogens is 2. The Morgan fingerprint density at radius 1 is 0.857 bits per heavy atom. The first-order valence-electron chi connectivity index (χ1n) is 6.40. The van der Waals surface area contributed by atoms with Crippen LogP contribution in [0, 0.1) is 6.07 Å². The van der Waals surface area contributed by atoms with Gasteiger partial charge in [-0.25, -0.2) is 0 Å². The van der Waals surface area contributed by atoms with Gasteiger partial charge in [-0.2, -0.15) is 23.8 Å². The van der Waals surface area contributed by atoms with Gasteiger partial charge in [-0.05, 0) is 12.3 Å². The summed E-state index contributed by atoms with van der Waals surface area (Å²) in [4.78, 5) is 0. The van der Waals surface area contributed by atoms with E-state index in [2.05, 4.69) is 66.8 Å². The predicted octanol–water partition coefficient (Wildman–Crippen LogP) is -1.73. The van der Waals surface area contributed by atoms with Gasteiger partial charge in [-0.1, -0.05) is 59.7 Å². The molecular weight excluding hydrogens is 378 g/mol. The second kappa shape index (κ2) is 7.59. The Bertz CT molecular complexity index is 677. The number of rotatable bonds is 1. The zero-order chi connectivity index (χ0) is 11.9. The molecule has 0 atom stereocenters. The molecular formula is C18H13Cl2Zr. The van der Waals surface area contributed by atoms with E-state index in [9.17, 15) is 0 Å². The molecule has 0 spiro atoms. The normalized spacial score (nSPS) is 13.7. The Morgan fingerprint density at radius 2 is 1.57 bits per heavy atom. The zero-order valence-electron chi connectivity index (χ0n) is 11.3. The molecule has 1 radical (unpaired) electrons. The summed E-state index contributed by atoms with van der Waals surface area (Å²) in [5, 5.41) is 0. The first kappa shape index (κ1) is 18.4. The molecule has 2 aromatic rings. The van der Waals surface area contributed by atoms with Crippen molar-refractivity contribution in [1.29, 1.82) is 0 Å². The second-order valence-electron chi connectivity index (χ2n) is 4.94. The quantitative estimate of drug-likeness (QED) is 0.433. The monoisotopic (exact) mass is 389 g/mol. The molecule has 0 aliphatic heterocycles. The third-order valence-corrected chi connectivity index (χ3v) is 3.83. The van der Waals surface area contributed by atoms with E-state index in [4.69, 9.17) is 0 Å². The molecule has 0 aromatic heterocycles. The van der Waals surface area contributed by atoms with E-state index in [1.165, 1.54) is 27.8 Å². The number of benzene rings is 2. The average Bonchev–Trinajstić information content (AvgIpc) is 3.05. The summed E-state index contributed by atoms with van der Waals surface area (Å²) in [6, 6.07) is 16.7. The zero-order valence-corrected chi connectivity index (χ0v) is 15.3. The molecule has 21 heavy (non-hydrogen) atoms. The largest absolute Gasteiger partial charge is 3.00 e. The molecule has 0 unspecified atom stereocenters. The van der Waals surface area contributed by atoms with Crippen molar-refractivity contribution in [2.75, 3.05) is 0 Å². The topological polar surface area (TPSA) is 0 Å². The molecule has 4 rings (SSSR count). The molecule has 0 N–H and O–H groups in total. The van der Waals surface area contributed by atoms with E-state index >= 15 is 0 Å². The van der Waals surface area contributed by atoms with Crippen LogP contribution in [0.1, 0.15) is 22.6 Å². The van der Waals surface area contributed by atoms with E-state index in [1.54, 1.807) is 0 Å². The van der Waals surface area contributed by atoms with Crippen LogP contribution in [0.5, 0.6) is 0 Å². The SMILES string of the molecule is [Cl-].[Cl-].[Zr+3].[c-]1c(C2C=CC=C2)ccc2c1Cc1ccccc1-2. The molecule has 2 aliphatic rings. The number of fused-ring (bicyclic) bond motifs is 3. The minimum Gasteiger partial charge on any atom is -1.00 e. The first-order chi connectivity index (χ1) is 8.92. The van der Waals surface area contributed by atoms with Gasteiger partial charge in [0.25, 0.3) is 0 Å². The fourth-order valence-corrected chi connectivity index (χ4v) is 2.91. The van der Waals surface area contributed by atoms with Crippen molar-refractivity contribution in [3.8, 4) is 11.1 Å². The summed E-state index contributed by atoms with van der Waals surface area (Å²) in [6.07, 6.45) is 9.70. The molecule has 2 aliphatic carbocycles. The van der Waals surface area contributed by atoms with E-state index in [0.717, 1.165) is 6.42 Å². The van der Waals surface area contributed by atoms with Crippen LogP contribution in [0.4, 0.5) is 0 Å². The van der Waals surface area contributed by atoms with Crippen LogP contribution >= 0.6 is 0 Å². The van der Waals surface area contributed by atoms with Crippen LogP contribution in [0.2, 0.25) is 0 Å². The molecule has 0 nitrogen and oxygen atoms in total. The van der Waals surface area contributed by atoms with Crippen molar-refractivity contribution in [2.45, 2.75) is 12.3 Å². The minimum absolute atomic E-state index is 0. The molecule has 0 fully saturated rings. The first-order valence-corrected chi connectivity index (χ1v) is 6.40. The van der Waals surface area contributed by atoms with Crippen molar-refractivity contribution in [1.82, 2.24) is 0 Å². The molecule has 2 aromatic carbocycles. The van der Waals surface area contributed by atoms with Gasteiger partial charge in [0.05, 0.1) is 0 Å². The van der Waals surface area contributed by atoms with Gasteiger partial charge in [-0.3, -0.25) is 0 Å². The van der Waals surface area contributed by atoms with Gasteiger partial charge >= 0.3 is 26.2 Å². The summed E-state index contributed by atoms with van der Waals surface area (Å²) in [5.41, 5.74) is 6.81. The standard InChI is InChI=1S/C18H13.2ClH.Zr/c1-2-6-13(5-1)14-9-10-18-16(11-14)12-15-7-3-4-8-17(15)18;;;/h1-10,13H,12H2;2*1H;/q-1;;;+3/p-2. The van der Waals surface area contributed by atoms with Gasteiger partial charge < -0.3 is 24.8 Å². The van der Waals surface area contributed by atoms with Crippen molar-refractivity contribution in [2.24, 2.45) is 0 Å². The summed E-state index contributed by atoms with van der Waals surface area (Å²) >= 11 is 0. The molecule has 0 bridgehead atoms. The van der Waals surface area contributed by atoms with Crippen molar-refractivity contribution < 1.29 is 51.0 Å². The van der Waals surface area contributed by atoms with Gasteiger partial charge in [0.1, 0.15) is 0 Å². The molecule has 3 heteroatoms. The van der Waals surface area contributed by atoms with Crippen LogP contribution in [0.3, 0.4) is 0 Å². The second-order valence-corrected chi connectivity index (χ2v) is 4.94. The molecule has 0 saturated heterocycles. The molecule has 0 heterocycles. The fourth-order valence-electron chi connectivity index (χ4n) is 2.91. The summed E-state index contributed by atoms with van der Waals surface area (Å²) in [5.74, 6) is 0.416. The van der Waals surface area contributed by atoms with Crippen LogP contribution in [-0.4, -0.2) is 0 Å². The van der Waals surface area contributed by atoms with Crippen molar-refractivity contribution in [3.05, 3.63) is 83.5 Å². The maximum atomic E-state index is 3.61. The Balaban J connectivity index is 0.000000735. The molecule has 0 amide bonds. The predicted molar refractivity (Wildman–Crippen MR) is 74.5 cm³/mol. The maximum absolute atomic E-state index is 3.61. The summed E-state index contributed by atoms with van der Waals surface area (Å²) in [7, 11) is 0. The number of hydrogen-bond acceptors (Lipinski definition) is 0. The third-order valence-electron chi connectivity index (χ3n) is 3.83. The Morgan fingerprint density at radius 3 is 2.33 bits per heavy atom. The number of hydrogen-bond donors (Lipinski definition) is 0. The van der Waals surface area contributed by atoms with Crippen LogP contribution < -0.4 is 24.8 Å². The fraction of sp³-hybridized carbons (Fsp3) is 0.111. The van der Waals surface area contributed by atoms with Gasteiger partial charge in [0.15, 0.2) is 0 Å². The van der Waals surface area contributed by atoms with Crippen LogP contribution in [0.25, 0.3) is 11.1 Å². The molecule has 103 valence electrons. The van der Waals surface area contributed by atoms with Crippen molar-refractivity contribution >= 4 is 0 Å². The maximum Gasteiger partial charge on any atom is 3.00 e. The Labute approximate surface area is 157 Å².